The van der Waals surface area contributed by atoms with E-state index < -0.39 is 6.04 Å². The number of likely N-dealkylation sites (N-methyl/N-ethyl adjacent to an activating group) is 1. The number of benzene rings is 1. The van der Waals surface area contributed by atoms with Crippen LogP contribution in [0, 0.1) is 17.0 Å². The largest absolute Gasteiger partial charge is 0.355 e. The Labute approximate surface area is 123 Å². The van der Waals surface area contributed by atoms with E-state index in [0.717, 1.165) is 0 Å². The van der Waals surface area contributed by atoms with E-state index in [1.165, 1.54) is 0 Å². The molecule has 0 spiro atoms. The van der Waals surface area contributed by atoms with Crippen molar-refractivity contribution in [1.82, 2.24) is 10.6 Å². The minimum atomic E-state index is -0.431. The van der Waals surface area contributed by atoms with E-state index in [9.17, 15) is 14.9 Å². The zero-order valence-electron chi connectivity index (χ0n) is 12.3. The smallest absolute Gasteiger partial charge is 0.295 e. The van der Waals surface area contributed by atoms with E-state index in [1.807, 2.05) is 11.8 Å². The first-order valence-corrected chi connectivity index (χ1v) is 7.05. The van der Waals surface area contributed by atoms with Crippen molar-refractivity contribution in [2.75, 3.05) is 31.1 Å². The van der Waals surface area contributed by atoms with Gasteiger partial charge in [0.15, 0.2) is 0 Å². The van der Waals surface area contributed by atoms with Crippen molar-refractivity contribution in [3.05, 3.63) is 33.9 Å². The van der Waals surface area contributed by atoms with Crippen molar-refractivity contribution in [2.45, 2.75) is 19.9 Å². The van der Waals surface area contributed by atoms with Gasteiger partial charge in [-0.3, -0.25) is 14.9 Å². The summed E-state index contributed by atoms with van der Waals surface area (Å²) in [6, 6.07) is 4.78. The lowest BCUT2D eigenvalue weighted by Gasteiger charge is -2.36. The number of para-hydroxylation sites is 1. The average Bonchev–Trinajstić information content (AvgIpc) is 2.47. The van der Waals surface area contributed by atoms with Crippen LogP contribution in [0.15, 0.2) is 18.2 Å². The summed E-state index contributed by atoms with van der Waals surface area (Å²) in [5, 5.41) is 17.3. The zero-order valence-corrected chi connectivity index (χ0v) is 12.3. The van der Waals surface area contributed by atoms with Gasteiger partial charge >= 0.3 is 0 Å². The monoisotopic (exact) mass is 292 g/mol. The number of piperazine rings is 1. The van der Waals surface area contributed by atoms with Crippen LogP contribution in [0.5, 0.6) is 0 Å². The average molecular weight is 292 g/mol. The van der Waals surface area contributed by atoms with E-state index in [1.54, 1.807) is 25.1 Å². The molecule has 0 radical (unpaired) electrons. The molecule has 1 aliphatic rings. The molecule has 1 saturated heterocycles. The molecule has 114 valence electrons. The number of hydrogen-bond donors (Lipinski definition) is 2. The van der Waals surface area contributed by atoms with E-state index in [0.29, 0.717) is 37.4 Å². The maximum absolute atomic E-state index is 12.2. The molecule has 0 saturated carbocycles. The van der Waals surface area contributed by atoms with Crippen LogP contribution in [-0.2, 0) is 4.79 Å². The highest BCUT2D eigenvalue weighted by Gasteiger charge is 2.32. The molecule has 1 amide bonds. The van der Waals surface area contributed by atoms with Gasteiger partial charge in [0.2, 0.25) is 5.91 Å². The Morgan fingerprint density at radius 1 is 1.57 bits per heavy atom. The summed E-state index contributed by atoms with van der Waals surface area (Å²) >= 11 is 0. The topological polar surface area (TPSA) is 87.5 Å². The van der Waals surface area contributed by atoms with Crippen LogP contribution in [-0.4, -0.2) is 43.1 Å². The summed E-state index contributed by atoms with van der Waals surface area (Å²) < 4.78 is 0. The molecule has 1 unspecified atom stereocenters. The van der Waals surface area contributed by atoms with Gasteiger partial charge in [0.25, 0.3) is 5.69 Å². The van der Waals surface area contributed by atoms with Crippen LogP contribution in [0.4, 0.5) is 11.4 Å². The van der Waals surface area contributed by atoms with E-state index >= 15 is 0 Å². The fraction of sp³-hybridized carbons (Fsp3) is 0.500. The molecule has 7 nitrogen and oxygen atoms in total. The lowest BCUT2D eigenvalue weighted by molar-refractivity contribution is -0.384. The fourth-order valence-electron chi connectivity index (χ4n) is 2.63. The van der Waals surface area contributed by atoms with Crippen molar-refractivity contribution in [3.8, 4) is 0 Å². The third-order valence-electron chi connectivity index (χ3n) is 3.61. The molecule has 1 aromatic carbocycles. The lowest BCUT2D eigenvalue weighted by Crippen LogP contribution is -2.58. The second-order valence-electron chi connectivity index (χ2n) is 5.01. The van der Waals surface area contributed by atoms with Crippen LogP contribution < -0.4 is 15.5 Å². The zero-order chi connectivity index (χ0) is 15.4. The molecule has 1 heterocycles. The Morgan fingerprint density at radius 3 is 3.00 bits per heavy atom. The minimum absolute atomic E-state index is 0.0775. The number of nitrogens with one attached hydrogen (secondary N) is 2. The predicted octanol–water partition coefficient (Wildman–Crippen LogP) is 0.818. The molecule has 0 bridgehead atoms. The molecule has 1 fully saturated rings. The number of rotatable bonds is 4. The van der Waals surface area contributed by atoms with Gasteiger partial charge in [-0.15, -0.1) is 0 Å². The number of nitro groups is 1. The molecule has 1 aromatic rings. The second-order valence-corrected chi connectivity index (χ2v) is 5.01. The number of hydrogen-bond acceptors (Lipinski definition) is 5. The predicted molar refractivity (Wildman–Crippen MR) is 80.5 cm³/mol. The first kappa shape index (κ1) is 15.2. The quantitative estimate of drug-likeness (QED) is 0.633. The maximum atomic E-state index is 12.2. The Balaban J connectivity index is 2.40. The van der Waals surface area contributed by atoms with E-state index in [2.05, 4.69) is 10.6 Å². The van der Waals surface area contributed by atoms with Gasteiger partial charge in [-0.2, -0.15) is 0 Å². The lowest BCUT2D eigenvalue weighted by atomic mass is 10.1. The molecule has 7 heteroatoms. The maximum Gasteiger partial charge on any atom is 0.295 e. The summed E-state index contributed by atoms with van der Waals surface area (Å²) in [7, 11) is 0. The van der Waals surface area contributed by atoms with E-state index in [-0.39, 0.29) is 16.5 Å². The van der Waals surface area contributed by atoms with Crippen molar-refractivity contribution in [3.63, 3.8) is 0 Å². The van der Waals surface area contributed by atoms with Crippen molar-refractivity contribution in [2.24, 2.45) is 0 Å². The molecular weight excluding hydrogens is 272 g/mol. The molecule has 21 heavy (non-hydrogen) atoms. The molecule has 0 aromatic heterocycles. The van der Waals surface area contributed by atoms with Gasteiger partial charge < -0.3 is 15.5 Å². The van der Waals surface area contributed by atoms with Crippen LogP contribution in [0.3, 0.4) is 0 Å². The van der Waals surface area contributed by atoms with Crippen molar-refractivity contribution in [1.29, 1.82) is 0 Å². The first-order chi connectivity index (χ1) is 10.1. The minimum Gasteiger partial charge on any atom is -0.355 e. The summed E-state index contributed by atoms with van der Waals surface area (Å²) in [5.41, 5.74) is 1.19. The Kier molecular flexibility index (Phi) is 4.74. The molecule has 1 aliphatic heterocycles. The van der Waals surface area contributed by atoms with Crippen molar-refractivity contribution < 1.29 is 9.72 Å². The highest BCUT2D eigenvalue weighted by molar-refractivity contribution is 5.87. The highest BCUT2D eigenvalue weighted by atomic mass is 16.6. The Bertz CT molecular complexity index is 547. The van der Waals surface area contributed by atoms with Crippen LogP contribution in [0.25, 0.3) is 0 Å². The number of aryl methyl sites for hydroxylation is 1. The first-order valence-electron chi connectivity index (χ1n) is 7.05. The van der Waals surface area contributed by atoms with Gasteiger partial charge in [0.05, 0.1) is 4.92 Å². The summed E-state index contributed by atoms with van der Waals surface area (Å²) in [6.45, 7) is 5.85. The molecular formula is C14H20N4O3. The Morgan fingerprint density at radius 2 is 2.33 bits per heavy atom. The van der Waals surface area contributed by atoms with E-state index in [4.69, 9.17) is 0 Å². The number of nitrogens with zero attached hydrogens (tertiary/aromatic N) is 2. The standard InChI is InChI=1S/C14H20N4O3/c1-3-16-14(19)12-9-15-7-8-17(12)11-6-4-5-10(2)13(11)18(20)21/h4-6,12,15H,3,7-9H2,1-2H3,(H,16,19). The molecule has 1 atom stereocenters. The van der Waals surface area contributed by atoms with Gasteiger partial charge in [0, 0.05) is 31.7 Å². The third-order valence-corrected chi connectivity index (χ3v) is 3.61. The molecule has 0 aliphatic carbocycles. The SMILES string of the molecule is CCNC(=O)C1CNCCN1c1cccc(C)c1[N+](=O)[O-]. The molecule has 2 N–H and O–H groups in total. The van der Waals surface area contributed by atoms with Crippen LogP contribution in [0.1, 0.15) is 12.5 Å². The number of nitro benzene ring substituents is 1. The summed E-state index contributed by atoms with van der Waals surface area (Å²) in [6.07, 6.45) is 0. The fourth-order valence-corrected chi connectivity index (χ4v) is 2.63. The molecule has 2 rings (SSSR count). The van der Waals surface area contributed by atoms with Gasteiger partial charge in [0.1, 0.15) is 11.7 Å². The Hall–Kier alpha value is -2.15. The number of anilines is 1. The van der Waals surface area contributed by atoms with Gasteiger partial charge in [-0.1, -0.05) is 12.1 Å². The summed E-state index contributed by atoms with van der Waals surface area (Å²) in [5.74, 6) is -0.111. The van der Waals surface area contributed by atoms with Gasteiger partial charge in [-0.05, 0) is 19.9 Å². The van der Waals surface area contributed by atoms with Crippen LogP contribution in [0.2, 0.25) is 0 Å². The van der Waals surface area contributed by atoms with Crippen molar-refractivity contribution >= 4 is 17.3 Å². The second kappa shape index (κ2) is 6.53. The number of carbonyl (C=O) groups excluding carboxylic acids is 1. The third kappa shape index (κ3) is 3.13. The van der Waals surface area contributed by atoms with Gasteiger partial charge in [-0.25, -0.2) is 0 Å². The van der Waals surface area contributed by atoms with Crippen LogP contribution >= 0.6 is 0 Å². The number of carbonyl (C=O) groups is 1. The summed E-state index contributed by atoms with van der Waals surface area (Å²) in [4.78, 5) is 25.0. The number of amides is 1. The normalized spacial score (nSPS) is 18.4. The highest BCUT2D eigenvalue weighted by Crippen LogP contribution is 2.32.